The molecule has 1 atom stereocenters. The third kappa shape index (κ3) is 4.47. The molecule has 1 heterocycles. The van der Waals surface area contributed by atoms with Crippen LogP contribution in [-0.2, 0) is 11.3 Å². The van der Waals surface area contributed by atoms with Gasteiger partial charge in [0.05, 0.1) is 12.2 Å². The van der Waals surface area contributed by atoms with Gasteiger partial charge in [0, 0.05) is 12.6 Å². The van der Waals surface area contributed by atoms with E-state index < -0.39 is 0 Å². The second kappa shape index (κ2) is 6.18. The minimum absolute atomic E-state index is 0.00217. The Hall–Kier alpha value is -0.650. The molecule has 16 heavy (non-hydrogen) atoms. The average molecular weight is 262 g/mol. The van der Waals surface area contributed by atoms with Gasteiger partial charge in [0.25, 0.3) is 0 Å². The summed E-state index contributed by atoms with van der Waals surface area (Å²) in [6, 6.07) is -0.0730. The smallest absolute Gasteiger partial charge is 0.237 e. The Kier molecular flexibility index (Phi) is 5.18. The summed E-state index contributed by atoms with van der Waals surface area (Å²) < 4.78 is 0.663. The topological polar surface area (TPSA) is 54.0 Å². The average Bonchev–Trinajstić information content (AvgIpc) is 2.59. The van der Waals surface area contributed by atoms with Crippen molar-refractivity contribution in [3.05, 3.63) is 15.5 Å². The van der Waals surface area contributed by atoms with Crippen LogP contribution in [0.4, 0.5) is 0 Å². The van der Waals surface area contributed by atoms with Gasteiger partial charge in [-0.15, -0.1) is 11.3 Å². The van der Waals surface area contributed by atoms with Crippen molar-refractivity contribution in [2.75, 3.05) is 0 Å². The van der Waals surface area contributed by atoms with Gasteiger partial charge in [0.1, 0.15) is 9.34 Å². The van der Waals surface area contributed by atoms with Gasteiger partial charge in [-0.2, -0.15) is 0 Å². The fourth-order valence-electron chi connectivity index (χ4n) is 1.11. The van der Waals surface area contributed by atoms with E-state index in [2.05, 4.69) is 15.6 Å². The molecule has 1 unspecified atom stereocenters. The zero-order chi connectivity index (χ0) is 12.1. The molecule has 2 N–H and O–H groups in total. The van der Waals surface area contributed by atoms with E-state index in [4.69, 9.17) is 11.6 Å². The Labute approximate surface area is 104 Å². The highest BCUT2D eigenvalue weighted by atomic mass is 35.5. The maximum absolute atomic E-state index is 11.6. The molecule has 0 fully saturated rings. The predicted molar refractivity (Wildman–Crippen MR) is 66.7 cm³/mol. The van der Waals surface area contributed by atoms with Gasteiger partial charge < -0.3 is 5.32 Å². The molecule has 0 bridgehead atoms. The minimum Gasteiger partial charge on any atom is -0.353 e. The molecule has 0 radical (unpaired) electrons. The lowest BCUT2D eigenvalue weighted by atomic mass is 10.3. The largest absolute Gasteiger partial charge is 0.353 e. The number of carbonyl (C=O) groups is 1. The van der Waals surface area contributed by atoms with E-state index in [-0.39, 0.29) is 18.0 Å². The van der Waals surface area contributed by atoms with Crippen LogP contribution in [0, 0.1) is 0 Å². The van der Waals surface area contributed by atoms with Crippen LogP contribution in [0.25, 0.3) is 0 Å². The number of aromatic nitrogens is 1. The van der Waals surface area contributed by atoms with E-state index in [1.165, 1.54) is 11.3 Å². The Morgan fingerprint density at radius 1 is 1.56 bits per heavy atom. The summed E-state index contributed by atoms with van der Waals surface area (Å²) in [7, 11) is 0. The van der Waals surface area contributed by atoms with Gasteiger partial charge >= 0.3 is 0 Å². The SMILES string of the molecule is CC(C)NC(=O)C(C)NCc1ncc(Cl)s1. The number of thiazole rings is 1. The number of hydrogen-bond acceptors (Lipinski definition) is 4. The minimum atomic E-state index is -0.231. The van der Waals surface area contributed by atoms with Crippen LogP contribution in [0.1, 0.15) is 25.8 Å². The quantitative estimate of drug-likeness (QED) is 0.850. The van der Waals surface area contributed by atoms with Gasteiger partial charge in [-0.1, -0.05) is 11.6 Å². The van der Waals surface area contributed by atoms with Crippen LogP contribution in [0.2, 0.25) is 4.34 Å². The van der Waals surface area contributed by atoms with Crippen molar-refractivity contribution in [2.24, 2.45) is 0 Å². The molecule has 0 saturated heterocycles. The normalized spacial score (nSPS) is 12.8. The molecular formula is C10H16ClN3OS. The third-order valence-electron chi connectivity index (χ3n) is 1.91. The first-order valence-corrected chi connectivity index (χ1v) is 6.32. The van der Waals surface area contributed by atoms with E-state index in [0.717, 1.165) is 5.01 Å². The highest BCUT2D eigenvalue weighted by Crippen LogP contribution is 2.17. The summed E-state index contributed by atoms with van der Waals surface area (Å²) >= 11 is 7.17. The molecular weight excluding hydrogens is 246 g/mol. The second-order valence-electron chi connectivity index (χ2n) is 3.82. The number of halogens is 1. The number of hydrogen-bond donors (Lipinski definition) is 2. The Morgan fingerprint density at radius 3 is 2.75 bits per heavy atom. The summed E-state index contributed by atoms with van der Waals surface area (Å²) in [6.07, 6.45) is 1.61. The maximum atomic E-state index is 11.6. The van der Waals surface area contributed by atoms with E-state index in [9.17, 15) is 4.79 Å². The molecule has 4 nitrogen and oxygen atoms in total. The fourth-order valence-corrected chi connectivity index (χ4v) is 2.02. The highest BCUT2D eigenvalue weighted by molar-refractivity contribution is 7.15. The van der Waals surface area contributed by atoms with E-state index >= 15 is 0 Å². The molecule has 0 aliphatic rings. The van der Waals surface area contributed by atoms with Crippen molar-refractivity contribution < 1.29 is 4.79 Å². The molecule has 1 aromatic rings. The predicted octanol–water partition coefficient (Wildman–Crippen LogP) is 1.80. The van der Waals surface area contributed by atoms with Crippen molar-refractivity contribution in [3.63, 3.8) is 0 Å². The lowest BCUT2D eigenvalue weighted by molar-refractivity contribution is -0.123. The molecule has 1 amide bonds. The summed E-state index contributed by atoms with van der Waals surface area (Å²) in [5, 5.41) is 6.82. The molecule has 0 aromatic carbocycles. The molecule has 0 saturated carbocycles. The lowest BCUT2D eigenvalue weighted by Gasteiger charge is -2.15. The Balaban J connectivity index is 2.34. The number of carbonyl (C=O) groups excluding carboxylic acids is 1. The number of rotatable bonds is 5. The molecule has 1 aromatic heterocycles. The van der Waals surface area contributed by atoms with Crippen LogP contribution < -0.4 is 10.6 Å². The highest BCUT2D eigenvalue weighted by Gasteiger charge is 2.13. The first kappa shape index (κ1) is 13.4. The van der Waals surface area contributed by atoms with Gasteiger partial charge in [0.2, 0.25) is 5.91 Å². The molecule has 1 rings (SSSR count). The van der Waals surface area contributed by atoms with Crippen molar-refractivity contribution in [2.45, 2.75) is 39.4 Å². The fraction of sp³-hybridized carbons (Fsp3) is 0.600. The zero-order valence-corrected chi connectivity index (χ0v) is 11.2. The van der Waals surface area contributed by atoms with Crippen LogP contribution in [-0.4, -0.2) is 23.0 Å². The van der Waals surface area contributed by atoms with Gasteiger partial charge in [-0.05, 0) is 20.8 Å². The van der Waals surface area contributed by atoms with Gasteiger partial charge in [-0.3, -0.25) is 10.1 Å². The number of amides is 1. The van der Waals surface area contributed by atoms with Crippen molar-refractivity contribution in [3.8, 4) is 0 Å². The van der Waals surface area contributed by atoms with E-state index in [1.807, 2.05) is 20.8 Å². The van der Waals surface area contributed by atoms with Crippen LogP contribution >= 0.6 is 22.9 Å². The monoisotopic (exact) mass is 261 g/mol. The first-order chi connectivity index (χ1) is 7.49. The van der Waals surface area contributed by atoms with E-state index in [0.29, 0.717) is 10.9 Å². The van der Waals surface area contributed by atoms with Crippen molar-refractivity contribution in [1.29, 1.82) is 0 Å². The number of nitrogens with zero attached hydrogens (tertiary/aromatic N) is 1. The lowest BCUT2D eigenvalue weighted by Crippen LogP contribution is -2.44. The standard InChI is InChI=1S/C10H16ClN3OS/c1-6(2)14-10(15)7(3)12-5-9-13-4-8(11)16-9/h4,6-7,12H,5H2,1-3H3,(H,14,15). The van der Waals surface area contributed by atoms with Crippen molar-refractivity contribution >= 4 is 28.8 Å². The van der Waals surface area contributed by atoms with Crippen LogP contribution in [0.3, 0.4) is 0 Å². The first-order valence-electron chi connectivity index (χ1n) is 5.13. The van der Waals surface area contributed by atoms with Crippen molar-refractivity contribution in [1.82, 2.24) is 15.6 Å². The van der Waals surface area contributed by atoms with Crippen LogP contribution in [0.15, 0.2) is 6.20 Å². The summed E-state index contributed by atoms with van der Waals surface area (Å²) in [5.41, 5.74) is 0. The molecule has 90 valence electrons. The Bertz CT molecular complexity index is 354. The van der Waals surface area contributed by atoms with Gasteiger partial charge in [0.15, 0.2) is 0 Å². The molecule has 6 heteroatoms. The Morgan fingerprint density at radius 2 is 2.25 bits per heavy atom. The van der Waals surface area contributed by atoms with Gasteiger partial charge in [-0.25, -0.2) is 4.98 Å². The third-order valence-corrected chi connectivity index (χ3v) is 3.02. The summed E-state index contributed by atoms with van der Waals surface area (Å²) in [6.45, 7) is 6.26. The summed E-state index contributed by atoms with van der Waals surface area (Å²) in [4.78, 5) is 15.7. The zero-order valence-electron chi connectivity index (χ0n) is 9.58. The summed E-state index contributed by atoms with van der Waals surface area (Å²) in [5.74, 6) is -0.00217. The second-order valence-corrected chi connectivity index (χ2v) is 5.57. The molecule has 0 aliphatic heterocycles. The molecule has 0 aliphatic carbocycles. The van der Waals surface area contributed by atoms with Crippen LogP contribution in [0.5, 0.6) is 0 Å². The molecule has 0 spiro atoms. The number of nitrogens with one attached hydrogen (secondary N) is 2. The maximum Gasteiger partial charge on any atom is 0.237 e. The van der Waals surface area contributed by atoms with E-state index in [1.54, 1.807) is 6.20 Å².